The molecule has 0 radical (unpaired) electrons. The predicted molar refractivity (Wildman–Crippen MR) is 82.3 cm³/mol. The van der Waals surface area contributed by atoms with Gasteiger partial charge in [0.05, 0.1) is 11.7 Å². The molecule has 0 unspecified atom stereocenters. The first-order valence-corrected chi connectivity index (χ1v) is 8.35. The SMILES string of the molecule is CC(C)(C)[C@@]1(C(C)(C)O[SiH3])CCC[C@H](CCCO)O1. The van der Waals surface area contributed by atoms with Crippen LogP contribution in [-0.4, -0.2) is 39.5 Å². The van der Waals surface area contributed by atoms with E-state index in [1.807, 2.05) is 0 Å². The summed E-state index contributed by atoms with van der Waals surface area (Å²) in [5.74, 6) is 0. The van der Waals surface area contributed by atoms with Gasteiger partial charge in [0.1, 0.15) is 16.1 Å². The average Bonchev–Trinajstić information content (AvgIpc) is 2.35. The van der Waals surface area contributed by atoms with E-state index >= 15 is 0 Å². The maximum atomic E-state index is 9.02. The van der Waals surface area contributed by atoms with Gasteiger partial charge in [-0.25, -0.2) is 0 Å². The van der Waals surface area contributed by atoms with Gasteiger partial charge >= 0.3 is 0 Å². The van der Waals surface area contributed by atoms with Crippen molar-refractivity contribution in [3.8, 4) is 0 Å². The molecule has 0 aromatic rings. The second-order valence-corrected chi connectivity index (χ2v) is 7.70. The fourth-order valence-electron chi connectivity index (χ4n) is 3.57. The molecular weight excluding hydrogens is 256 g/mol. The van der Waals surface area contributed by atoms with Crippen molar-refractivity contribution >= 4 is 10.5 Å². The second kappa shape index (κ2) is 6.25. The summed E-state index contributed by atoms with van der Waals surface area (Å²) in [5.41, 5.74) is -0.450. The van der Waals surface area contributed by atoms with E-state index in [0.717, 1.165) is 36.2 Å². The Balaban J connectivity index is 2.98. The first-order valence-electron chi connectivity index (χ1n) is 7.54. The van der Waals surface area contributed by atoms with Crippen molar-refractivity contribution in [1.82, 2.24) is 0 Å². The number of hydrogen-bond donors (Lipinski definition) is 1. The van der Waals surface area contributed by atoms with Crippen LogP contribution in [0.15, 0.2) is 0 Å². The van der Waals surface area contributed by atoms with Crippen LogP contribution < -0.4 is 0 Å². The number of aliphatic hydroxyl groups is 1. The topological polar surface area (TPSA) is 38.7 Å². The zero-order chi connectivity index (χ0) is 14.7. The molecule has 0 saturated carbocycles. The van der Waals surface area contributed by atoms with Crippen LogP contribution in [0.1, 0.15) is 66.7 Å². The van der Waals surface area contributed by atoms with Gasteiger partial charge in [-0.2, -0.15) is 0 Å². The molecule has 0 bridgehead atoms. The smallest absolute Gasteiger partial charge is 0.146 e. The minimum Gasteiger partial charge on any atom is -0.420 e. The van der Waals surface area contributed by atoms with Gasteiger partial charge in [0.25, 0.3) is 0 Å². The maximum absolute atomic E-state index is 9.02. The first kappa shape index (κ1) is 17.1. The molecule has 1 rings (SSSR count). The van der Waals surface area contributed by atoms with Crippen LogP contribution in [0.2, 0.25) is 0 Å². The highest BCUT2D eigenvalue weighted by molar-refractivity contribution is 5.98. The summed E-state index contributed by atoms with van der Waals surface area (Å²) in [7, 11) is 0.724. The molecule has 1 heterocycles. The van der Waals surface area contributed by atoms with Gasteiger partial charge in [0.15, 0.2) is 0 Å². The predicted octanol–water partition coefficient (Wildman–Crippen LogP) is 2.19. The van der Waals surface area contributed by atoms with Gasteiger partial charge in [-0.1, -0.05) is 20.8 Å². The van der Waals surface area contributed by atoms with E-state index in [1.54, 1.807) is 0 Å². The summed E-state index contributed by atoms with van der Waals surface area (Å²) >= 11 is 0. The second-order valence-electron chi connectivity index (χ2n) is 7.29. The molecule has 1 saturated heterocycles. The normalized spacial score (nSPS) is 29.7. The van der Waals surface area contributed by atoms with Gasteiger partial charge in [0.2, 0.25) is 0 Å². The zero-order valence-electron chi connectivity index (χ0n) is 13.6. The third-order valence-electron chi connectivity index (χ3n) is 4.80. The molecule has 1 aliphatic heterocycles. The van der Waals surface area contributed by atoms with Crippen molar-refractivity contribution in [2.75, 3.05) is 6.61 Å². The minimum atomic E-state index is -0.255. The molecule has 1 aliphatic rings. The number of ether oxygens (including phenoxy) is 1. The van der Waals surface area contributed by atoms with Crippen molar-refractivity contribution in [2.45, 2.75) is 84.0 Å². The van der Waals surface area contributed by atoms with E-state index in [9.17, 15) is 0 Å². The Labute approximate surface area is 121 Å². The molecule has 1 fully saturated rings. The molecule has 0 amide bonds. The minimum absolute atomic E-state index is 0.0405. The van der Waals surface area contributed by atoms with Crippen LogP contribution in [0.3, 0.4) is 0 Å². The van der Waals surface area contributed by atoms with E-state index in [-0.39, 0.29) is 29.3 Å². The number of aliphatic hydroxyl groups excluding tert-OH is 1. The molecule has 0 spiro atoms. The Morgan fingerprint density at radius 1 is 1.32 bits per heavy atom. The number of hydrogen-bond acceptors (Lipinski definition) is 3. The third kappa shape index (κ3) is 3.41. The van der Waals surface area contributed by atoms with E-state index < -0.39 is 0 Å². The van der Waals surface area contributed by atoms with Crippen LogP contribution >= 0.6 is 0 Å². The molecule has 4 heteroatoms. The molecule has 19 heavy (non-hydrogen) atoms. The summed E-state index contributed by atoms with van der Waals surface area (Å²) in [6.07, 6.45) is 5.38. The molecule has 0 aromatic heterocycles. The highest BCUT2D eigenvalue weighted by Crippen LogP contribution is 2.50. The van der Waals surface area contributed by atoms with Gasteiger partial charge in [-0.15, -0.1) is 0 Å². The van der Waals surface area contributed by atoms with Crippen LogP contribution in [0.5, 0.6) is 0 Å². The summed E-state index contributed by atoms with van der Waals surface area (Å²) in [4.78, 5) is 0. The zero-order valence-corrected chi connectivity index (χ0v) is 15.6. The monoisotopic (exact) mass is 288 g/mol. The average molecular weight is 289 g/mol. The van der Waals surface area contributed by atoms with Crippen molar-refractivity contribution in [3.63, 3.8) is 0 Å². The Hall–Kier alpha value is 0.0969. The first-order chi connectivity index (χ1) is 8.70. The Morgan fingerprint density at radius 3 is 2.42 bits per heavy atom. The molecular formula is C15H32O3Si. The van der Waals surface area contributed by atoms with Crippen LogP contribution in [-0.2, 0) is 9.16 Å². The molecule has 1 N–H and O–H groups in total. The highest BCUT2D eigenvalue weighted by atomic mass is 28.2. The lowest BCUT2D eigenvalue weighted by atomic mass is 9.63. The standard InChI is InChI=1S/C15H32O3Si/c1-13(2,3)15(14(4,5)18-19)10-6-8-12(17-15)9-7-11-16/h12,16H,6-11H2,1-5,19H3/t12-,15-/m1/s1. The van der Waals surface area contributed by atoms with E-state index in [4.69, 9.17) is 14.3 Å². The van der Waals surface area contributed by atoms with Gasteiger partial charge < -0.3 is 14.3 Å². The van der Waals surface area contributed by atoms with Gasteiger partial charge in [-0.05, 0) is 51.4 Å². The summed E-state index contributed by atoms with van der Waals surface area (Å²) in [6, 6.07) is 0. The lowest BCUT2D eigenvalue weighted by molar-refractivity contribution is -0.253. The molecule has 2 atom stereocenters. The molecule has 0 aliphatic carbocycles. The third-order valence-corrected chi connectivity index (χ3v) is 5.82. The Kier molecular flexibility index (Phi) is 5.64. The largest absolute Gasteiger partial charge is 0.420 e. The highest BCUT2D eigenvalue weighted by Gasteiger charge is 2.56. The van der Waals surface area contributed by atoms with E-state index in [2.05, 4.69) is 34.6 Å². The van der Waals surface area contributed by atoms with Crippen LogP contribution in [0, 0.1) is 5.41 Å². The van der Waals surface area contributed by atoms with Crippen molar-refractivity contribution in [3.05, 3.63) is 0 Å². The van der Waals surface area contributed by atoms with Crippen molar-refractivity contribution in [2.24, 2.45) is 5.41 Å². The van der Waals surface area contributed by atoms with Gasteiger partial charge in [-0.3, -0.25) is 0 Å². The Bertz CT molecular complexity index is 286. The lowest BCUT2D eigenvalue weighted by Crippen LogP contribution is -2.63. The van der Waals surface area contributed by atoms with Crippen molar-refractivity contribution < 1.29 is 14.3 Å². The van der Waals surface area contributed by atoms with E-state index in [1.165, 1.54) is 6.42 Å². The van der Waals surface area contributed by atoms with Crippen molar-refractivity contribution in [1.29, 1.82) is 0 Å². The maximum Gasteiger partial charge on any atom is 0.146 e. The summed E-state index contributed by atoms with van der Waals surface area (Å²) < 4.78 is 12.5. The van der Waals surface area contributed by atoms with E-state index in [0.29, 0.717) is 0 Å². The fourth-order valence-corrected chi connectivity index (χ4v) is 3.90. The molecule has 0 aromatic carbocycles. The number of rotatable bonds is 5. The fraction of sp³-hybridized carbons (Fsp3) is 1.00. The summed E-state index contributed by atoms with van der Waals surface area (Å²) in [6.45, 7) is 11.3. The van der Waals surface area contributed by atoms with Crippen LogP contribution in [0.4, 0.5) is 0 Å². The lowest BCUT2D eigenvalue weighted by Gasteiger charge is -2.57. The quantitative estimate of drug-likeness (QED) is 0.788. The van der Waals surface area contributed by atoms with Gasteiger partial charge in [0, 0.05) is 6.61 Å². The molecule has 114 valence electrons. The summed E-state index contributed by atoms with van der Waals surface area (Å²) in [5, 5.41) is 9.02. The van der Waals surface area contributed by atoms with Crippen LogP contribution in [0.25, 0.3) is 0 Å². The molecule has 3 nitrogen and oxygen atoms in total. The Morgan fingerprint density at radius 2 is 1.95 bits per heavy atom.